The maximum absolute atomic E-state index is 15.9. The Hall–Kier alpha value is -4.35. The zero-order chi connectivity index (χ0) is 31.8. The molecule has 0 aliphatic carbocycles. The van der Waals surface area contributed by atoms with Crippen LogP contribution in [0, 0.1) is 24.5 Å². The first-order valence-electron chi connectivity index (χ1n) is 15.0. The van der Waals surface area contributed by atoms with Gasteiger partial charge < -0.3 is 24.4 Å². The van der Waals surface area contributed by atoms with Crippen molar-refractivity contribution in [3.63, 3.8) is 0 Å². The minimum Gasteiger partial charge on any atom is -0.444 e. The van der Waals surface area contributed by atoms with Crippen molar-refractivity contribution in [2.24, 2.45) is 10.9 Å². The summed E-state index contributed by atoms with van der Waals surface area (Å²) >= 11 is 0. The van der Waals surface area contributed by atoms with E-state index in [1.54, 1.807) is 17.2 Å². The van der Waals surface area contributed by atoms with Crippen LogP contribution in [0.15, 0.2) is 47.1 Å². The number of halogens is 2. The van der Waals surface area contributed by atoms with Gasteiger partial charge in [0.1, 0.15) is 34.8 Å². The number of hydrogen-bond acceptors (Lipinski definition) is 8. The van der Waals surface area contributed by atoms with Gasteiger partial charge in [-0.05, 0) is 72.1 Å². The van der Waals surface area contributed by atoms with Gasteiger partial charge in [0, 0.05) is 37.8 Å². The van der Waals surface area contributed by atoms with Crippen LogP contribution in [0.4, 0.5) is 19.4 Å². The number of imidazole rings is 1. The lowest BCUT2D eigenvalue weighted by Gasteiger charge is -2.37. The smallest absolute Gasteiger partial charge is 0.410 e. The summed E-state index contributed by atoms with van der Waals surface area (Å²) in [5.41, 5.74) is 1.47. The number of fused-ring (bicyclic) bond motifs is 1. The Kier molecular flexibility index (Phi) is 8.71. The number of carbonyl (C=O) groups excluding carboxylic acids is 1. The molecule has 3 aromatic rings. The van der Waals surface area contributed by atoms with Crippen molar-refractivity contribution >= 4 is 29.2 Å². The molecular formula is C32H40F2N8O2. The van der Waals surface area contributed by atoms with Crippen LogP contribution in [0.2, 0.25) is 0 Å². The summed E-state index contributed by atoms with van der Waals surface area (Å²) in [5, 5.41) is 3.02. The highest BCUT2D eigenvalue weighted by atomic mass is 19.1. The Morgan fingerprint density at radius 2 is 1.84 bits per heavy atom. The van der Waals surface area contributed by atoms with Crippen LogP contribution >= 0.6 is 0 Å². The van der Waals surface area contributed by atoms with Crippen molar-refractivity contribution in [3.8, 4) is 11.3 Å². The molecule has 5 rings (SSSR count). The first kappa shape index (κ1) is 31.1. The monoisotopic (exact) mass is 606 g/mol. The van der Waals surface area contributed by atoms with Gasteiger partial charge in [-0.15, -0.1) is 0 Å². The van der Waals surface area contributed by atoms with Crippen molar-refractivity contribution in [2.75, 3.05) is 31.5 Å². The van der Waals surface area contributed by atoms with Gasteiger partial charge in [-0.2, -0.15) is 0 Å². The summed E-state index contributed by atoms with van der Waals surface area (Å²) in [7, 11) is 0. The SMILES string of the molecule is Cc1nc2c(F)cc(-c3ncnc(NC4=CC(C)C/C=C(\N5CCN(C(=O)OC(C)(C)C)CC5)C=N4)c3F)cc2n1C(C)C. The second-order valence-electron chi connectivity index (χ2n) is 12.6. The van der Waals surface area contributed by atoms with Gasteiger partial charge in [0.2, 0.25) is 0 Å². The lowest BCUT2D eigenvalue weighted by molar-refractivity contribution is 0.0172. The second-order valence-corrected chi connectivity index (χ2v) is 12.6. The molecule has 1 aromatic carbocycles. The molecule has 0 spiro atoms. The number of hydrogen-bond donors (Lipinski definition) is 1. The number of piperazine rings is 1. The maximum Gasteiger partial charge on any atom is 0.410 e. The Labute approximate surface area is 256 Å². The van der Waals surface area contributed by atoms with E-state index >= 15 is 8.78 Å². The van der Waals surface area contributed by atoms with Crippen molar-refractivity contribution in [3.05, 3.63) is 59.6 Å². The number of carbonyl (C=O) groups is 1. The number of amides is 1. The van der Waals surface area contributed by atoms with Gasteiger partial charge in [0.05, 0.1) is 17.4 Å². The molecular weight excluding hydrogens is 566 g/mol. The Morgan fingerprint density at radius 3 is 2.52 bits per heavy atom. The number of ether oxygens (including phenoxy) is 1. The van der Waals surface area contributed by atoms with Gasteiger partial charge in [-0.3, -0.25) is 0 Å². The van der Waals surface area contributed by atoms with Gasteiger partial charge >= 0.3 is 6.09 Å². The summed E-state index contributed by atoms with van der Waals surface area (Å²) in [6.45, 7) is 15.8. The third-order valence-corrected chi connectivity index (χ3v) is 7.52. The van der Waals surface area contributed by atoms with Crippen LogP contribution in [0.25, 0.3) is 22.3 Å². The molecule has 2 aromatic heterocycles. The molecule has 1 fully saturated rings. The van der Waals surface area contributed by atoms with E-state index in [2.05, 4.69) is 43.2 Å². The van der Waals surface area contributed by atoms with Gasteiger partial charge in [0.25, 0.3) is 0 Å². The minimum absolute atomic E-state index is 0.0237. The van der Waals surface area contributed by atoms with E-state index in [9.17, 15) is 4.79 Å². The van der Waals surface area contributed by atoms with Crippen LogP contribution in [-0.2, 0) is 4.74 Å². The summed E-state index contributed by atoms with van der Waals surface area (Å²) in [5.74, 6) is -0.0872. The average molecular weight is 607 g/mol. The van der Waals surface area contributed by atoms with Crippen LogP contribution in [-0.4, -0.2) is 73.4 Å². The fraction of sp³-hybridized carbons (Fsp3) is 0.469. The Morgan fingerprint density at radius 1 is 1.11 bits per heavy atom. The first-order chi connectivity index (χ1) is 20.8. The molecule has 1 N–H and O–H groups in total. The molecule has 10 nitrogen and oxygen atoms in total. The number of rotatable bonds is 5. The molecule has 234 valence electrons. The fourth-order valence-electron chi connectivity index (χ4n) is 5.47. The molecule has 44 heavy (non-hydrogen) atoms. The number of nitrogens with zero attached hydrogens (tertiary/aromatic N) is 7. The van der Waals surface area contributed by atoms with Crippen LogP contribution in [0.3, 0.4) is 0 Å². The third kappa shape index (κ3) is 6.74. The lowest BCUT2D eigenvalue weighted by atomic mass is 10.1. The Bertz CT molecular complexity index is 1650. The van der Waals surface area contributed by atoms with Crippen molar-refractivity contribution in [1.82, 2.24) is 29.3 Å². The highest BCUT2D eigenvalue weighted by Gasteiger charge is 2.27. The van der Waals surface area contributed by atoms with E-state index < -0.39 is 17.2 Å². The number of benzene rings is 1. The molecule has 1 saturated heterocycles. The molecule has 2 aliphatic rings. The second kappa shape index (κ2) is 12.3. The van der Waals surface area contributed by atoms with Crippen molar-refractivity contribution in [1.29, 1.82) is 0 Å². The first-order valence-corrected chi connectivity index (χ1v) is 15.0. The quantitative estimate of drug-likeness (QED) is 0.356. The molecule has 1 unspecified atom stereocenters. The molecule has 0 bridgehead atoms. The Balaban J connectivity index is 1.34. The van der Waals surface area contributed by atoms with E-state index in [-0.39, 0.29) is 35.1 Å². The lowest BCUT2D eigenvalue weighted by Crippen LogP contribution is -2.49. The number of anilines is 1. The normalized spacial score (nSPS) is 19.0. The van der Waals surface area contributed by atoms with E-state index in [0.717, 1.165) is 12.1 Å². The van der Waals surface area contributed by atoms with Crippen molar-refractivity contribution < 1.29 is 18.3 Å². The molecule has 0 saturated carbocycles. The maximum atomic E-state index is 15.9. The number of aliphatic imine (C=N–C) groups is 1. The zero-order valence-electron chi connectivity index (χ0n) is 26.4. The minimum atomic E-state index is -0.710. The number of nitrogens with one attached hydrogen (secondary N) is 1. The van der Waals surface area contributed by atoms with Crippen LogP contribution < -0.4 is 5.32 Å². The molecule has 0 radical (unpaired) electrons. The van der Waals surface area contributed by atoms with Crippen LogP contribution in [0.1, 0.15) is 59.8 Å². The number of aryl methyl sites for hydroxylation is 1. The molecule has 1 amide bonds. The molecule has 12 heteroatoms. The fourth-order valence-corrected chi connectivity index (χ4v) is 5.47. The third-order valence-electron chi connectivity index (χ3n) is 7.52. The van der Waals surface area contributed by atoms with Crippen molar-refractivity contribution in [2.45, 2.75) is 66.5 Å². The molecule has 4 heterocycles. The predicted molar refractivity (Wildman–Crippen MR) is 167 cm³/mol. The van der Waals surface area contributed by atoms with E-state index in [1.807, 2.05) is 52.2 Å². The summed E-state index contributed by atoms with van der Waals surface area (Å²) in [4.78, 5) is 33.7. The highest BCUT2D eigenvalue weighted by molar-refractivity contribution is 5.83. The standard InChI is InChI=1S/C32H40F2N8O2/c1-19(2)42-21(4)38-29-24(33)15-22(16-25(29)42)28-27(34)30(37-18-36-28)39-26-14-20(3)8-9-23(17-35-26)40-10-12-41(13-11-40)31(43)44-32(5,6)7/h9,14-20H,8,10-13H2,1-7H3,(H,36,37,39)/b23-9-,26-14?,35-17?. The van der Waals surface area contributed by atoms with Gasteiger partial charge in [-0.25, -0.2) is 33.5 Å². The average Bonchev–Trinajstić information content (AvgIpc) is 3.28. The molecule has 1 atom stereocenters. The highest BCUT2D eigenvalue weighted by Crippen LogP contribution is 2.31. The van der Waals surface area contributed by atoms with E-state index in [4.69, 9.17) is 4.74 Å². The summed E-state index contributed by atoms with van der Waals surface area (Å²) < 4.78 is 38.4. The number of aromatic nitrogens is 4. The zero-order valence-corrected chi connectivity index (χ0v) is 26.4. The van der Waals surface area contributed by atoms with E-state index in [0.29, 0.717) is 48.9 Å². The largest absolute Gasteiger partial charge is 0.444 e. The number of allylic oxidation sites excluding steroid dienone is 3. The van der Waals surface area contributed by atoms with Crippen LogP contribution in [0.5, 0.6) is 0 Å². The van der Waals surface area contributed by atoms with E-state index in [1.165, 1.54) is 12.4 Å². The topological polar surface area (TPSA) is 101 Å². The van der Waals surface area contributed by atoms with Gasteiger partial charge in [-0.1, -0.05) is 13.0 Å². The summed E-state index contributed by atoms with van der Waals surface area (Å²) in [6.07, 6.45) is 7.48. The predicted octanol–water partition coefficient (Wildman–Crippen LogP) is 6.46. The molecule has 2 aliphatic heterocycles. The van der Waals surface area contributed by atoms with Gasteiger partial charge in [0.15, 0.2) is 17.5 Å². The summed E-state index contributed by atoms with van der Waals surface area (Å²) in [6, 6.07) is 3.01.